The van der Waals surface area contributed by atoms with Crippen LogP contribution in [0.15, 0.2) is 0 Å². The van der Waals surface area contributed by atoms with Crippen molar-refractivity contribution in [1.29, 1.82) is 0 Å². The summed E-state index contributed by atoms with van der Waals surface area (Å²) in [4.78, 5) is 27.5. The van der Waals surface area contributed by atoms with Crippen molar-refractivity contribution in [3.05, 3.63) is 0 Å². The molecule has 0 aromatic rings. The predicted octanol–water partition coefficient (Wildman–Crippen LogP) is 3.90. The average Bonchev–Trinajstić information content (AvgIpc) is 2.66. The van der Waals surface area contributed by atoms with Crippen molar-refractivity contribution in [3.8, 4) is 0 Å². The number of nitrogens with zero attached hydrogens (tertiary/aromatic N) is 1. The molecule has 1 N–H and O–H groups in total. The first-order valence-electron chi connectivity index (χ1n) is 11.0. The molecule has 1 aliphatic carbocycles. The van der Waals surface area contributed by atoms with E-state index in [0.29, 0.717) is 5.92 Å². The molecule has 1 aliphatic heterocycles. The third-order valence-corrected chi connectivity index (χ3v) is 6.30. The molecule has 2 unspecified atom stereocenters. The van der Waals surface area contributed by atoms with Crippen molar-refractivity contribution in [1.82, 2.24) is 10.2 Å². The molecule has 2 fully saturated rings. The number of amides is 2. The summed E-state index contributed by atoms with van der Waals surface area (Å²) in [7, 11) is 0. The third kappa shape index (κ3) is 6.20. The SMILES string of the molecule is CC(C)C(=O)NC(C(=O)N1CCCCC1)C(C)OC(C)(C)C1CCCCC1. The van der Waals surface area contributed by atoms with Crippen LogP contribution in [-0.2, 0) is 14.3 Å². The Kier molecular flexibility index (Phi) is 8.14. The van der Waals surface area contributed by atoms with Gasteiger partial charge in [-0.15, -0.1) is 0 Å². The summed E-state index contributed by atoms with van der Waals surface area (Å²) in [6, 6.07) is -0.610. The fourth-order valence-corrected chi connectivity index (χ4v) is 4.45. The lowest BCUT2D eigenvalue weighted by atomic mass is 9.78. The number of rotatable bonds is 7. The highest BCUT2D eigenvalue weighted by Crippen LogP contribution is 2.35. The molecule has 2 atom stereocenters. The number of piperidine rings is 1. The second kappa shape index (κ2) is 9.90. The Morgan fingerprint density at radius 3 is 2.07 bits per heavy atom. The second-order valence-corrected chi connectivity index (χ2v) is 9.29. The highest BCUT2D eigenvalue weighted by atomic mass is 16.5. The molecule has 27 heavy (non-hydrogen) atoms. The van der Waals surface area contributed by atoms with Crippen LogP contribution in [0.2, 0.25) is 0 Å². The molecule has 1 saturated heterocycles. The van der Waals surface area contributed by atoms with Crippen LogP contribution < -0.4 is 5.32 Å². The first kappa shape index (κ1) is 22.2. The molecular weight excluding hydrogens is 340 g/mol. The topological polar surface area (TPSA) is 58.6 Å². The molecule has 1 heterocycles. The maximum Gasteiger partial charge on any atom is 0.247 e. The van der Waals surface area contributed by atoms with Crippen LogP contribution >= 0.6 is 0 Å². The van der Waals surface area contributed by atoms with E-state index >= 15 is 0 Å². The van der Waals surface area contributed by atoms with E-state index in [-0.39, 0.29) is 29.4 Å². The Labute approximate surface area is 165 Å². The highest BCUT2D eigenvalue weighted by molar-refractivity contribution is 5.88. The molecule has 5 nitrogen and oxygen atoms in total. The quantitative estimate of drug-likeness (QED) is 0.729. The van der Waals surface area contributed by atoms with Gasteiger partial charge in [0, 0.05) is 19.0 Å². The van der Waals surface area contributed by atoms with Crippen molar-refractivity contribution in [2.24, 2.45) is 11.8 Å². The van der Waals surface area contributed by atoms with Gasteiger partial charge in [0.2, 0.25) is 11.8 Å². The van der Waals surface area contributed by atoms with Gasteiger partial charge >= 0.3 is 0 Å². The normalized spacial score (nSPS) is 21.8. The number of hydrogen-bond acceptors (Lipinski definition) is 3. The molecule has 0 bridgehead atoms. The van der Waals surface area contributed by atoms with Gasteiger partial charge in [0.15, 0.2) is 0 Å². The van der Waals surface area contributed by atoms with E-state index in [1.165, 1.54) is 38.5 Å². The Bertz CT molecular complexity index is 492. The van der Waals surface area contributed by atoms with Crippen molar-refractivity contribution < 1.29 is 14.3 Å². The molecular formula is C22H40N2O3. The molecule has 2 rings (SSSR count). The van der Waals surface area contributed by atoms with Crippen LogP contribution in [0.1, 0.15) is 86.0 Å². The van der Waals surface area contributed by atoms with Gasteiger partial charge in [-0.1, -0.05) is 33.1 Å². The molecule has 0 radical (unpaired) electrons. The van der Waals surface area contributed by atoms with E-state index in [2.05, 4.69) is 19.2 Å². The van der Waals surface area contributed by atoms with Crippen molar-refractivity contribution >= 4 is 11.8 Å². The van der Waals surface area contributed by atoms with Crippen molar-refractivity contribution in [3.63, 3.8) is 0 Å². The zero-order chi connectivity index (χ0) is 20.0. The first-order chi connectivity index (χ1) is 12.7. The monoisotopic (exact) mass is 380 g/mol. The third-order valence-electron chi connectivity index (χ3n) is 6.30. The molecule has 156 valence electrons. The molecule has 2 amide bonds. The standard InChI is InChI=1S/C22H40N2O3/c1-16(2)20(25)23-19(21(26)24-14-10-7-11-15-24)17(3)27-22(4,5)18-12-8-6-9-13-18/h16-19H,6-15H2,1-5H3,(H,23,25). The number of nitrogens with one attached hydrogen (secondary N) is 1. The number of ether oxygens (including phenoxy) is 1. The van der Waals surface area contributed by atoms with E-state index < -0.39 is 6.04 Å². The second-order valence-electron chi connectivity index (χ2n) is 9.29. The van der Waals surface area contributed by atoms with Gasteiger partial charge in [-0.25, -0.2) is 0 Å². The van der Waals surface area contributed by atoms with Crippen LogP contribution in [0, 0.1) is 11.8 Å². The summed E-state index contributed by atoms with van der Waals surface area (Å²) >= 11 is 0. The maximum absolute atomic E-state index is 13.2. The van der Waals surface area contributed by atoms with Gasteiger partial charge in [0.25, 0.3) is 0 Å². The number of carbonyl (C=O) groups excluding carboxylic acids is 2. The molecule has 2 aliphatic rings. The minimum absolute atomic E-state index is 0.00986. The zero-order valence-corrected chi connectivity index (χ0v) is 18.1. The molecule has 5 heteroatoms. The molecule has 1 saturated carbocycles. The van der Waals surface area contributed by atoms with Gasteiger partial charge in [-0.05, 0) is 58.8 Å². The summed E-state index contributed by atoms with van der Waals surface area (Å²) in [6.45, 7) is 11.5. The summed E-state index contributed by atoms with van der Waals surface area (Å²) < 4.78 is 6.47. The zero-order valence-electron chi connectivity index (χ0n) is 18.1. The number of likely N-dealkylation sites (tertiary alicyclic amines) is 1. The molecule has 0 aromatic heterocycles. The lowest BCUT2D eigenvalue weighted by Gasteiger charge is -2.41. The maximum atomic E-state index is 13.2. The Morgan fingerprint density at radius 1 is 0.963 bits per heavy atom. The van der Waals surface area contributed by atoms with Crippen molar-refractivity contribution in [2.75, 3.05) is 13.1 Å². The fourth-order valence-electron chi connectivity index (χ4n) is 4.45. The van der Waals surface area contributed by atoms with E-state index in [1.807, 2.05) is 25.7 Å². The van der Waals surface area contributed by atoms with Crippen LogP contribution in [-0.4, -0.2) is 47.6 Å². The van der Waals surface area contributed by atoms with Crippen LogP contribution in [0.25, 0.3) is 0 Å². The molecule has 0 aromatic carbocycles. The molecule has 0 spiro atoms. The minimum atomic E-state index is -0.610. The summed E-state index contributed by atoms with van der Waals surface area (Å²) in [6.07, 6.45) is 9.10. The smallest absolute Gasteiger partial charge is 0.247 e. The van der Waals surface area contributed by atoms with E-state index in [9.17, 15) is 9.59 Å². The van der Waals surface area contributed by atoms with Crippen LogP contribution in [0.5, 0.6) is 0 Å². The van der Waals surface area contributed by atoms with Gasteiger partial charge in [-0.3, -0.25) is 9.59 Å². The first-order valence-corrected chi connectivity index (χ1v) is 11.0. The summed E-state index contributed by atoms with van der Waals surface area (Å²) in [5.74, 6) is 0.285. The number of carbonyl (C=O) groups is 2. The Hall–Kier alpha value is -1.10. The number of hydrogen-bond donors (Lipinski definition) is 1. The highest BCUT2D eigenvalue weighted by Gasteiger charge is 2.38. The largest absolute Gasteiger partial charge is 0.370 e. The average molecular weight is 381 g/mol. The van der Waals surface area contributed by atoms with Gasteiger partial charge in [0.05, 0.1) is 11.7 Å². The van der Waals surface area contributed by atoms with Gasteiger partial charge in [-0.2, -0.15) is 0 Å². The van der Waals surface area contributed by atoms with Gasteiger partial charge in [0.1, 0.15) is 6.04 Å². The fraction of sp³-hybridized carbons (Fsp3) is 0.909. The van der Waals surface area contributed by atoms with Crippen molar-refractivity contribution in [2.45, 2.75) is 104 Å². The van der Waals surface area contributed by atoms with Gasteiger partial charge < -0.3 is 15.0 Å². The Balaban J connectivity index is 2.09. The van der Waals surface area contributed by atoms with Crippen LogP contribution in [0.4, 0.5) is 0 Å². The lowest BCUT2D eigenvalue weighted by molar-refractivity contribution is -0.152. The minimum Gasteiger partial charge on any atom is -0.370 e. The van der Waals surface area contributed by atoms with E-state index in [4.69, 9.17) is 4.74 Å². The van der Waals surface area contributed by atoms with E-state index in [0.717, 1.165) is 25.9 Å². The predicted molar refractivity (Wildman–Crippen MR) is 108 cm³/mol. The van der Waals surface area contributed by atoms with Crippen LogP contribution in [0.3, 0.4) is 0 Å². The summed E-state index contributed by atoms with van der Waals surface area (Å²) in [5.41, 5.74) is -0.289. The van der Waals surface area contributed by atoms with E-state index in [1.54, 1.807) is 0 Å². The Morgan fingerprint density at radius 2 is 1.52 bits per heavy atom. The summed E-state index contributed by atoms with van der Waals surface area (Å²) in [5, 5.41) is 2.98. The lowest BCUT2D eigenvalue weighted by Crippen LogP contribution is -2.57.